The lowest BCUT2D eigenvalue weighted by molar-refractivity contribution is 0.0949. The van der Waals surface area contributed by atoms with Crippen LogP contribution in [-0.4, -0.2) is 31.1 Å². The average molecular weight is 389 g/mol. The predicted molar refractivity (Wildman–Crippen MR) is 117 cm³/mol. The van der Waals surface area contributed by atoms with E-state index in [0.717, 1.165) is 35.7 Å². The van der Waals surface area contributed by atoms with Crippen molar-refractivity contribution in [3.63, 3.8) is 0 Å². The molecule has 150 valence electrons. The van der Waals surface area contributed by atoms with Gasteiger partial charge in [0.1, 0.15) is 11.4 Å². The number of methoxy groups -OCH3 is 1. The van der Waals surface area contributed by atoms with Crippen molar-refractivity contribution < 1.29 is 9.53 Å². The first-order valence-corrected chi connectivity index (χ1v) is 9.82. The molecule has 3 rings (SSSR count). The van der Waals surface area contributed by atoms with Gasteiger partial charge >= 0.3 is 0 Å². The van der Waals surface area contributed by atoms with Crippen molar-refractivity contribution in [1.29, 1.82) is 0 Å². The van der Waals surface area contributed by atoms with Gasteiger partial charge in [0.05, 0.1) is 7.11 Å². The number of benzene rings is 2. The third kappa shape index (κ3) is 5.35. The Hall–Kier alpha value is -3.34. The van der Waals surface area contributed by atoms with Crippen LogP contribution in [0.1, 0.15) is 28.5 Å². The fourth-order valence-corrected chi connectivity index (χ4v) is 3.26. The van der Waals surface area contributed by atoms with Crippen molar-refractivity contribution in [2.45, 2.75) is 20.3 Å². The van der Waals surface area contributed by atoms with E-state index in [1.807, 2.05) is 42.5 Å². The molecule has 0 aliphatic rings. The molecule has 0 saturated carbocycles. The molecule has 1 aromatic heterocycles. The van der Waals surface area contributed by atoms with Gasteiger partial charge in [0.2, 0.25) is 0 Å². The van der Waals surface area contributed by atoms with E-state index in [-0.39, 0.29) is 5.91 Å². The van der Waals surface area contributed by atoms with Crippen LogP contribution in [0.4, 0.5) is 11.4 Å². The number of hydrogen-bond acceptors (Lipinski definition) is 4. The number of anilines is 2. The van der Waals surface area contributed by atoms with Gasteiger partial charge in [-0.15, -0.1) is 0 Å². The summed E-state index contributed by atoms with van der Waals surface area (Å²) in [5.74, 6) is 0.647. The fourth-order valence-electron chi connectivity index (χ4n) is 3.26. The van der Waals surface area contributed by atoms with Crippen molar-refractivity contribution in [3.8, 4) is 5.75 Å². The molecule has 2 aromatic carbocycles. The van der Waals surface area contributed by atoms with Crippen molar-refractivity contribution in [2.75, 3.05) is 25.1 Å². The highest BCUT2D eigenvalue weighted by molar-refractivity contribution is 5.93. The monoisotopic (exact) mass is 389 g/mol. The van der Waals surface area contributed by atoms with Gasteiger partial charge in [-0.3, -0.25) is 9.78 Å². The number of rotatable bonds is 8. The van der Waals surface area contributed by atoms with Crippen molar-refractivity contribution >= 4 is 17.3 Å². The Morgan fingerprint density at radius 3 is 2.62 bits per heavy atom. The zero-order chi connectivity index (χ0) is 20.6. The normalized spacial score (nSPS) is 10.4. The zero-order valence-corrected chi connectivity index (χ0v) is 17.2. The maximum absolute atomic E-state index is 12.6. The van der Waals surface area contributed by atoms with Gasteiger partial charge in [-0.25, -0.2) is 0 Å². The Balaban J connectivity index is 1.67. The number of amides is 1. The van der Waals surface area contributed by atoms with Gasteiger partial charge in [-0.05, 0) is 67.8 Å². The molecule has 1 amide bonds. The van der Waals surface area contributed by atoms with Crippen molar-refractivity contribution in [3.05, 3.63) is 83.7 Å². The van der Waals surface area contributed by atoms with Crippen LogP contribution in [-0.2, 0) is 6.42 Å². The summed E-state index contributed by atoms with van der Waals surface area (Å²) in [6.45, 7) is 5.50. The van der Waals surface area contributed by atoms with Crippen LogP contribution in [0, 0.1) is 6.92 Å². The molecule has 0 bridgehead atoms. The molecule has 3 aromatic rings. The lowest BCUT2D eigenvalue weighted by atomic mass is 10.1. The van der Waals surface area contributed by atoms with Crippen LogP contribution in [0.15, 0.2) is 66.9 Å². The van der Waals surface area contributed by atoms with E-state index in [0.29, 0.717) is 12.2 Å². The van der Waals surface area contributed by atoms with Crippen LogP contribution in [0.5, 0.6) is 5.75 Å². The molecule has 1 heterocycles. The lowest BCUT2D eigenvalue weighted by Crippen LogP contribution is -2.27. The summed E-state index contributed by atoms with van der Waals surface area (Å²) < 4.78 is 5.24. The Labute approximate surface area is 172 Å². The summed E-state index contributed by atoms with van der Waals surface area (Å²) >= 11 is 0. The highest BCUT2D eigenvalue weighted by Crippen LogP contribution is 2.26. The molecule has 5 nitrogen and oxygen atoms in total. The molecule has 0 radical (unpaired) electrons. The number of carbonyl (C=O) groups excluding carboxylic acids is 1. The first-order chi connectivity index (χ1) is 14.1. The number of aryl methyl sites for hydroxylation is 1. The Morgan fingerprint density at radius 1 is 1.07 bits per heavy atom. The molecule has 1 N–H and O–H groups in total. The summed E-state index contributed by atoms with van der Waals surface area (Å²) in [7, 11) is 1.65. The van der Waals surface area contributed by atoms with Gasteiger partial charge in [0, 0.05) is 30.7 Å². The van der Waals surface area contributed by atoms with E-state index in [1.54, 1.807) is 13.3 Å². The van der Waals surface area contributed by atoms with Crippen LogP contribution >= 0.6 is 0 Å². The highest BCUT2D eigenvalue weighted by Gasteiger charge is 2.12. The summed E-state index contributed by atoms with van der Waals surface area (Å²) in [5, 5.41) is 2.96. The summed E-state index contributed by atoms with van der Waals surface area (Å²) in [4.78, 5) is 19.0. The number of carbonyl (C=O) groups is 1. The minimum absolute atomic E-state index is 0.171. The Morgan fingerprint density at radius 2 is 1.86 bits per heavy atom. The number of aromatic nitrogens is 1. The third-order valence-corrected chi connectivity index (χ3v) is 4.75. The molecule has 5 heteroatoms. The molecule has 0 fully saturated rings. The maximum Gasteiger partial charge on any atom is 0.269 e. The second-order valence-corrected chi connectivity index (χ2v) is 6.84. The van der Waals surface area contributed by atoms with Crippen LogP contribution in [0.3, 0.4) is 0 Å². The number of hydrogen-bond donors (Lipinski definition) is 1. The minimum atomic E-state index is -0.171. The standard InChI is InChI=1S/C24H27N3O2/c1-4-27(20-9-5-7-18(2)15-20)21-12-14-25-23(17-21)24(28)26-13-11-19-8-6-10-22(16-19)29-3/h5-10,12,14-17H,4,11,13H2,1-3H3,(H,26,28). The zero-order valence-electron chi connectivity index (χ0n) is 17.2. The van der Waals surface area contributed by atoms with Crippen LogP contribution in [0.25, 0.3) is 0 Å². The SMILES string of the molecule is CCN(c1cccc(C)c1)c1ccnc(C(=O)NCCc2cccc(OC)c2)c1. The smallest absolute Gasteiger partial charge is 0.269 e. The van der Waals surface area contributed by atoms with E-state index in [1.165, 1.54) is 5.56 Å². The number of ether oxygens (including phenoxy) is 1. The molecular weight excluding hydrogens is 362 g/mol. The fraction of sp³-hybridized carbons (Fsp3) is 0.250. The quantitative estimate of drug-likeness (QED) is 0.615. The summed E-state index contributed by atoms with van der Waals surface area (Å²) in [6.07, 6.45) is 2.41. The van der Waals surface area contributed by atoms with Crippen LogP contribution < -0.4 is 15.0 Å². The number of pyridine rings is 1. The highest BCUT2D eigenvalue weighted by atomic mass is 16.5. The maximum atomic E-state index is 12.6. The molecule has 0 saturated heterocycles. The van der Waals surface area contributed by atoms with Crippen molar-refractivity contribution in [2.24, 2.45) is 0 Å². The second-order valence-electron chi connectivity index (χ2n) is 6.84. The predicted octanol–water partition coefficient (Wildman–Crippen LogP) is 4.53. The van der Waals surface area contributed by atoms with E-state index >= 15 is 0 Å². The average Bonchev–Trinajstić information content (AvgIpc) is 2.75. The largest absolute Gasteiger partial charge is 0.497 e. The molecule has 0 aliphatic carbocycles. The summed E-state index contributed by atoms with van der Waals surface area (Å²) in [5.41, 5.74) is 4.78. The molecular formula is C24H27N3O2. The molecule has 0 aliphatic heterocycles. The van der Waals surface area contributed by atoms with E-state index in [4.69, 9.17) is 4.74 Å². The van der Waals surface area contributed by atoms with E-state index < -0.39 is 0 Å². The first kappa shape index (κ1) is 20.4. The Bertz CT molecular complexity index is 972. The number of nitrogens with zero attached hydrogens (tertiary/aromatic N) is 2. The van der Waals surface area contributed by atoms with Gasteiger partial charge in [-0.1, -0.05) is 24.3 Å². The van der Waals surface area contributed by atoms with Gasteiger partial charge in [0.15, 0.2) is 0 Å². The van der Waals surface area contributed by atoms with Gasteiger partial charge < -0.3 is 15.0 Å². The number of nitrogens with one attached hydrogen (secondary N) is 1. The minimum Gasteiger partial charge on any atom is -0.497 e. The third-order valence-electron chi connectivity index (χ3n) is 4.75. The van der Waals surface area contributed by atoms with Gasteiger partial charge in [0.25, 0.3) is 5.91 Å². The first-order valence-electron chi connectivity index (χ1n) is 9.82. The Kier molecular flexibility index (Phi) is 6.85. The second kappa shape index (κ2) is 9.73. The molecule has 29 heavy (non-hydrogen) atoms. The van der Waals surface area contributed by atoms with E-state index in [9.17, 15) is 4.79 Å². The molecule has 0 unspecified atom stereocenters. The lowest BCUT2D eigenvalue weighted by Gasteiger charge is -2.24. The van der Waals surface area contributed by atoms with Crippen molar-refractivity contribution in [1.82, 2.24) is 10.3 Å². The van der Waals surface area contributed by atoms with E-state index in [2.05, 4.69) is 47.2 Å². The molecule has 0 atom stereocenters. The summed E-state index contributed by atoms with van der Waals surface area (Å²) in [6, 6.07) is 20.0. The topological polar surface area (TPSA) is 54.5 Å². The molecule has 0 spiro atoms. The van der Waals surface area contributed by atoms with Gasteiger partial charge in [-0.2, -0.15) is 0 Å². The van der Waals surface area contributed by atoms with Crippen LogP contribution in [0.2, 0.25) is 0 Å².